The van der Waals surface area contributed by atoms with Crippen LogP contribution in [-0.4, -0.2) is 37.7 Å². The third kappa shape index (κ3) is 6.34. The SMILES string of the molecule is CCCCNC(=O)N(C)CCOc1cccc(Cl)c1. The van der Waals surface area contributed by atoms with Gasteiger partial charge >= 0.3 is 6.03 Å². The molecule has 2 amide bonds. The molecule has 4 nitrogen and oxygen atoms in total. The van der Waals surface area contributed by atoms with Gasteiger partial charge in [0, 0.05) is 18.6 Å². The van der Waals surface area contributed by atoms with Crippen LogP contribution in [0.25, 0.3) is 0 Å². The van der Waals surface area contributed by atoms with E-state index in [4.69, 9.17) is 16.3 Å². The van der Waals surface area contributed by atoms with Gasteiger partial charge in [-0.25, -0.2) is 4.79 Å². The zero-order valence-electron chi connectivity index (χ0n) is 11.5. The lowest BCUT2D eigenvalue weighted by atomic mass is 10.3. The minimum atomic E-state index is -0.0665. The first-order chi connectivity index (χ1) is 9.13. The van der Waals surface area contributed by atoms with Crippen molar-refractivity contribution in [1.29, 1.82) is 0 Å². The molecule has 1 rings (SSSR count). The second-order valence-corrected chi connectivity index (χ2v) is 4.75. The summed E-state index contributed by atoms with van der Waals surface area (Å²) in [6.45, 7) is 3.78. The van der Waals surface area contributed by atoms with Gasteiger partial charge in [0.05, 0.1) is 6.54 Å². The Hall–Kier alpha value is -1.42. The molecule has 1 N–H and O–H groups in total. The van der Waals surface area contributed by atoms with Crippen LogP contribution in [0.5, 0.6) is 5.75 Å². The molecule has 19 heavy (non-hydrogen) atoms. The van der Waals surface area contributed by atoms with E-state index in [1.165, 1.54) is 0 Å². The predicted molar refractivity (Wildman–Crippen MR) is 77.9 cm³/mol. The number of likely N-dealkylation sites (N-methyl/N-ethyl adjacent to an activating group) is 1. The Bertz CT molecular complexity index is 399. The average molecular weight is 285 g/mol. The van der Waals surface area contributed by atoms with Gasteiger partial charge in [-0.3, -0.25) is 0 Å². The summed E-state index contributed by atoms with van der Waals surface area (Å²) in [6, 6.07) is 7.15. The van der Waals surface area contributed by atoms with Crippen LogP contribution in [0, 0.1) is 0 Å². The zero-order chi connectivity index (χ0) is 14.1. The van der Waals surface area contributed by atoms with Gasteiger partial charge in [0.15, 0.2) is 0 Å². The predicted octanol–water partition coefficient (Wildman–Crippen LogP) is 3.16. The number of ether oxygens (including phenoxy) is 1. The van der Waals surface area contributed by atoms with E-state index in [2.05, 4.69) is 12.2 Å². The quantitative estimate of drug-likeness (QED) is 0.782. The summed E-state index contributed by atoms with van der Waals surface area (Å²) >= 11 is 5.85. The number of rotatable bonds is 7. The van der Waals surface area contributed by atoms with Crippen LogP contribution in [0.15, 0.2) is 24.3 Å². The molecule has 106 valence electrons. The third-order valence-corrected chi connectivity index (χ3v) is 2.88. The Balaban J connectivity index is 2.23. The van der Waals surface area contributed by atoms with Crippen molar-refractivity contribution in [2.75, 3.05) is 26.7 Å². The number of amides is 2. The Morgan fingerprint density at radius 1 is 1.47 bits per heavy atom. The number of urea groups is 1. The molecule has 0 aliphatic carbocycles. The van der Waals surface area contributed by atoms with Crippen LogP contribution < -0.4 is 10.1 Å². The van der Waals surface area contributed by atoms with Gasteiger partial charge in [0.25, 0.3) is 0 Å². The molecule has 0 saturated heterocycles. The Kier molecular flexibility index (Phi) is 7.11. The molecule has 0 fully saturated rings. The van der Waals surface area contributed by atoms with Crippen molar-refractivity contribution >= 4 is 17.6 Å². The van der Waals surface area contributed by atoms with E-state index in [0.29, 0.717) is 23.9 Å². The summed E-state index contributed by atoms with van der Waals surface area (Å²) < 4.78 is 5.53. The van der Waals surface area contributed by atoms with E-state index in [1.807, 2.05) is 12.1 Å². The summed E-state index contributed by atoms with van der Waals surface area (Å²) in [5.74, 6) is 0.715. The average Bonchev–Trinajstić information content (AvgIpc) is 2.39. The van der Waals surface area contributed by atoms with Crippen molar-refractivity contribution in [3.05, 3.63) is 29.3 Å². The third-order valence-electron chi connectivity index (χ3n) is 2.64. The van der Waals surface area contributed by atoms with Crippen LogP contribution in [0.2, 0.25) is 5.02 Å². The number of halogens is 1. The minimum absolute atomic E-state index is 0.0665. The van der Waals surface area contributed by atoms with E-state index in [9.17, 15) is 4.79 Å². The minimum Gasteiger partial charge on any atom is -0.492 e. The Morgan fingerprint density at radius 2 is 2.26 bits per heavy atom. The van der Waals surface area contributed by atoms with E-state index >= 15 is 0 Å². The smallest absolute Gasteiger partial charge is 0.317 e. The fraction of sp³-hybridized carbons (Fsp3) is 0.500. The van der Waals surface area contributed by atoms with Gasteiger partial charge < -0.3 is 15.0 Å². The lowest BCUT2D eigenvalue weighted by molar-refractivity contribution is 0.195. The highest BCUT2D eigenvalue weighted by atomic mass is 35.5. The largest absolute Gasteiger partial charge is 0.492 e. The van der Waals surface area contributed by atoms with Gasteiger partial charge in [-0.15, -0.1) is 0 Å². The second-order valence-electron chi connectivity index (χ2n) is 4.31. The fourth-order valence-corrected chi connectivity index (χ4v) is 1.65. The van der Waals surface area contributed by atoms with Crippen LogP contribution in [0.1, 0.15) is 19.8 Å². The number of carbonyl (C=O) groups is 1. The topological polar surface area (TPSA) is 41.6 Å². The molecule has 1 aromatic carbocycles. The second kappa shape index (κ2) is 8.64. The van der Waals surface area contributed by atoms with Crippen molar-refractivity contribution in [2.45, 2.75) is 19.8 Å². The molecule has 0 atom stereocenters. The van der Waals surface area contributed by atoms with Crippen molar-refractivity contribution in [2.24, 2.45) is 0 Å². The first kappa shape index (κ1) is 15.6. The van der Waals surface area contributed by atoms with Gasteiger partial charge in [-0.05, 0) is 24.6 Å². The maximum atomic E-state index is 11.7. The summed E-state index contributed by atoms with van der Waals surface area (Å²) in [4.78, 5) is 13.3. The van der Waals surface area contributed by atoms with E-state index in [-0.39, 0.29) is 6.03 Å². The lowest BCUT2D eigenvalue weighted by Crippen LogP contribution is -2.39. The molecule has 0 heterocycles. The Labute approximate surface area is 119 Å². The van der Waals surface area contributed by atoms with Crippen molar-refractivity contribution in [3.8, 4) is 5.75 Å². The van der Waals surface area contributed by atoms with Gasteiger partial charge in [0.1, 0.15) is 12.4 Å². The highest BCUT2D eigenvalue weighted by Gasteiger charge is 2.07. The molecular weight excluding hydrogens is 264 g/mol. The molecule has 0 unspecified atom stereocenters. The number of benzene rings is 1. The van der Waals surface area contributed by atoms with Gasteiger partial charge in [0.2, 0.25) is 0 Å². The number of unbranched alkanes of at least 4 members (excludes halogenated alkanes) is 1. The molecular formula is C14H21ClN2O2. The fourth-order valence-electron chi connectivity index (χ4n) is 1.47. The lowest BCUT2D eigenvalue weighted by Gasteiger charge is -2.18. The highest BCUT2D eigenvalue weighted by Crippen LogP contribution is 2.16. The molecule has 0 spiro atoms. The first-order valence-electron chi connectivity index (χ1n) is 6.50. The number of nitrogens with one attached hydrogen (secondary N) is 1. The van der Waals surface area contributed by atoms with Crippen LogP contribution in [0.4, 0.5) is 4.79 Å². The summed E-state index contributed by atoms with van der Waals surface area (Å²) in [5, 5.41) is 3.49. The summed E-state index contributed by atoms with van der Waals surface area (Å²) in [6.07, 6.45) is 2.07. The molecule has 0 aromatic heterocycles. The Morgan fingerprint density at radius 3 is 2.95 bits per heavy atom. The molecule has 0 radical (unpaired) electrons. The number of hydrogen-bond donors (Lipinski definition) is 1. The standard InChI is InChI=1S/C14H21ClN2O2/c1-3-4-8-16-14(18)17(2)9-10-19-13-7-5-6-12(15)11-13/h5-7,11H,3-4,8-10H2,1-2H3,(H,16,18). The van der Waals surface area contributed by atoms with E-state index in [0.717, 1.165) is 19.4 Å². The van der Waals surface area contributed by atoms with Crippen molar-refractivity contribution in [3.63, 3.8) is 0 Å². The first-order valence-corrected chi connectivity index (χ1v) is 6.88. The summed E-state index contributed by atoms with van der Waals surface area (Å²) in [5.41, 5.74) is 0. The van der Waals surface area contributed by atoms with E-state index < -0.39 is 0 Å². The molecule has 0 aliphatic rings. The number of nitrogens with zero attached hydrogens (tertiary/aromatic N) is 1. The summed E-state index contributed by atoms with van der Waals surface area (Å²) in [7, 11) is 1.75. The van der Waals surface area contributed by atoms with E-state index in [1.54, 1.807) is 24.1 Å². The maximum Gasteiger partial charge on any atom is 0.317 e. The zero-order valence-corrected chi connectivity index (χ0v) is 12.2. The van der Waals surface area contributed by atoms with Crippen LogP contribution in [-0.2, 0) is 0 Å². The molecule has 5 heteroatoms. The van der Waals surface area contributed by atoms with Gasteiger partial charge in [-0.2, -0.15) is 0 Å². The normalized spacial score (nSPS) is 10.1. The highest BCUT2D eigenvalue weighted by molar-refractivity contribution is 6.30. The number of carbonyl (C=O) groups excluding carboxylic acids is 1. The van der Waals surface area contributed by atoms with Crippen LogP contribution >= 0.6 is 11.6 Å². The van der Waals surface area contributed by atoms with Gasteiger partial charge in [-0.1, -0.05) is 31.0 Å². The number of hydrogen-bond acceptors (Lipinski definition) is 2. The molecule has 1 aromatic rings. The molecule has 0 bridgehead atoms. The van der Waals surface area contributed by atoms with Crippen LogP contribution in [0.3, 0.4) is 0 Å². The molecule has 0 saturated carbocycles. The maximum absolute atomic E-state index is 11.7. The molecule has 0 aliphatic heterocycles. The monoisotopic (exact) mass is 284 g/mol. The van der Waals surface area contributed by atoms with Crippen molar-refractivity contribution in [1.82, 2.24) is 10.2 Å². The van der Waals surface area contributed by atoms with Crippen molar-refractivity contribution < 1.29 is 9.53 Å².